The first kappa shape index (κ1) is 10.6. The third-order valence-corrected chi connectivity index (χ3v) is 2.70. The van der Waals surface area contributed by atoms with Gasteiger partial charge in [0.15, 0.2) is 0 Å². The van der Waals surface area contributed by atoms with Crippen LogP contribution in [0.1, 0.15) is 25.3 Å². The van der Waals surface area contributed by atoms with Gasteiger partial charge in [-0.05, 0) is 22.9 Å². The van der Waals surface area contributed by atoms with Crippen LogP contribution in [0.3, 0.4) is 0 Å². The lowest BCUT2D eigenvalue weighted by Crippen LogP contribution is -1.87. The summed E-state index contributed by atoms with van der Waals surface area (Å²) < 4.78 is 0. The van der Waals surface area contributed by atoms with E-state index in [-0.39, 0.29) is 0 Å². The van der Waals surface area contributed by atoms with Crippen molar-refractivity contribution in [1.82, 2.24) is 0 Å². The summed E-state index contributed by atoms with van der Waals surface area (Å²) in [5, 5.41) is 2.11. The van der Waals surface area contributed by atoms with Crippen molar-refractivity contribution in [2.24, 2.45) is 4.99 Å². The molecule has 0 fully saturated rings. The Hall–Kier alpha value is -1.92. The molecule has 0 saturated carbocycles. The molecule has 0 amide bonds. The molecule has 0 aromatic heterocycles. The Bertz CT molecular complexity index is 566. The smallest absolute Gasteiger partial charge is 0.211 e. The van der Waals surface area contributed by atoms with Crippen molar-refractivity contribution in [3.05, 3.63) is 42.0 Å². The molecule has 2 aromatic rings. The fraction of sp³-hybridized carbons (Fsp3) is 0.214. The van der Waals surface area contributed by atoms with E-state index < -0.39 is 0 Å². The highest BCUT2D eigenvalue weighted by Crippen LogP contribution is 2.30. The molecule has 0 unspecified atom stereocenters. The third-order valence-electron chi connectivity index (χ3n) is 2.70. The second-order valence-corrected chi connectivity index (χ2v) is 4.12. The van der Waals surface area contributed by atoms with Crippen LogP contribution < -0.4 is 0 Å². The highest BCUT2D eigenvalue weighted by atomic mass is 16.1. The molecule has 2 rings (SSSR count). The summed E-state index contributed by atoms with van der Waals surface area (Å²) in [5.74, 6) is 0.421. The van der Waals surface area contributed by atoms with Gasteiger partial charge >= 0.3 is 0 Å². The maximum absolute atomic E-state index is 10.4. The van der Waals surface area contributed by atoms with Crippen molar-refractivity contribution in [1.29, 1.82) is 0 Å². The molecule has 2 aromatic carbocycles. The maximum Gasteiger partial charge on any atom is 0.240 e. The Morgan fingerprint density at radius 1 is 1.19 bits per heavy atom. The van der Waals surface area contributed by atoms with Crippen LogP contribution in [0.15, 0.2) is 41.4 Å². The first-order valence-electron chi connectivity index (χ1n) is 5.33. The van der Waals surface area contributed by atoms with Crippen molar-refractivity contribution >= 4 is 22.5 Å². The largest absolute Gasteiger partial charge is 0.240 e. The van der Waals surface area contributed by atoms with Crippen molar-refractivity contribution < 1.29 is 4.79 Å². The fourth-order valence-corrected chi connectivity index (χ4v) is 1.79. The fourth-order valence-electron chi connectivity index (χ4n) is 1.79. The molecular formula is C14H13NO. The third kappa shape index (κ3) is 1.88. The average Bonchev–Trinajstić information content (AvgIpc) is 2.29. The Morgan fingerprint density at radius 2 is 1.94 bits per heavy atom. The topological polar surface area (TPSA) is 29.4 Å². The molecule has 0 spiro atoms. The summed E-state index contributed by atoms with van der Waals surface area (Å²) in [4.78, 5) is 14.2. The number of rotatable bonds is 2. The van der Waals surface area contributed by atoms with Crippen molar-refractivity contribution in [2.45, 2.75) is 19.8 Å². The van der Waals surface area contributed by atoms with Gasteiger partial charge in [-0.3, -0.25) is 0 Å². The van der Waals surface area contributed by atoms with Crippen LogP contribution in [0.2, 0.25) is 0 Å². The lowest BCUT2D eigenvalue weighted by atomic mass is 9.98. The number of hydrogen-bond acceptors (Lipinski definition) is 2. The number of fused-ring (bicyclic) bond motifs is 1. The molecule has 0 heterocycles. The summed E-state index contributed by atoms with van der Waals surface area (Å²) in [7, 11) is 0. The summed E-state index contributed by atoms with van der Waals surface area (Å²) in [5.41, 5.74) is 1.89. The molecule has 2 heteroatoms. The van der Waals surface area contributed by atoms with Gasteiger partial charge in [-0.1, -0.05) is 44.2 Å². The Labute approximate surface area is 94.6 Å². The number of carbonyl (C=O) groups excluding carboxylic acids is 1. The van der Waals surface area contributed by atoms with E-state index in [1.165, 1.54) is 5.56 Å². The second kappa shape index (κ2) is 4.30. The zero-order valence-corrected chi connectivity index (χ0v) is 9.40. The van der Waals surface area contributed by atoms with Crippen molar-refractivity contribution in [3.8, 4) is 0 Å². The van der Waals surface area contributed by atoms with Gasteiger partial charge in [0.05, 0.1) is 5.69 Å². The lowest BCUT2D eigenvalue weighted by Gasteiger charge is -2.08. The van der Waals surface area contributed by atoms with Gasteiger partial charge in [-0.15, -0.1) is 0 Å². The van der Waals surface area contributed by atoms with E-state index in [0.717, 1.165) is 10.8 Å². The Morgan fingerprint density at radius 3 is 2.62 bits per heavy atom. The second-order valence-electron chi connectivity index (χ2n) is 4.12. The SMILES string of the molecule is CC(C)c1cc(N=C=O)c2ccccc2c1. The normalized spacial score (nSPS) is 10.4. The minimum absolute atomic E-state index is 0.421. The highest BCUT2D eigenvalue weighted by molar-refractivity contribution is 5.93. The van der Waals surface area contributed by atoms with E-state index in [0.29, 0.717) is 11.6 Å². The molecule has 0 aliphatic rings. The minimum Gasteiger partial charge on any atom is -0.211 e. The highest BCUT2D eigenvalue weighted by Gasteiger charge is 2.05. The predicted octanol–water partition coefficient (Wildman–Crippen LogP) is 3.93. The maximum atomic E-state index is 10.4. The van der Waals surface area contributed by atoms with Gasteiger partial charge in [-0.2, -0.15) is 4.99 Å². The van der Waals surface area contributed by atoms with Crippen LogP contribution in [-0.4, -0.2) is 6.08 Å². The summed E-state index contributed by atoms with van der Waals surface area (Å²) in [6.07, 6.45) is 1.62. The Balaban J connectivity index is 2.78. The van der Waals surface area contributed by atoms with Crippen LogP contribution in [0.5, 0.6) is 0 Å². The summed E-state index contributed by atoms with van der Waals surface area (Å²) >= 11 is 0. The van der Waals surface area contributed by atoms with Crippen LogP contribution >= 0.6 is 0 Å². The van der Waals surface area contributed by atoms with Gasteiger partial charge in [0.1, 0.15) is 0 Å². The van der Waals surface area contributed by atoms with E-state index in [1.807, 2.05) is 30.3 Å². The predicted molar refractivity (Wildman–Crippen MR) is 65.8 cm³/mol. The zero-order valence-electron chi connectivity index (χ0n) is 9.40. The quantitative estimate of drug-likeness (QED) is 0.546. The van der Waals surface area contributed by atoms with Crippen molar-refractivity contribution in [2.75, 3.05) is 0 Å². The van der Waals surface area contributed by atoms with E-state index in [2.05, 4.69) is 24.9 Å². The van der Waals surface area contributed by atoms with Gasteiger partial charge < -0.3 is 0 Å². The molecule has 0 bridgehead atoms. The van der Waals surface area contributed by atoms with Crippen LogP contribution in [0.25, 0.3) is 10.8 Å². The monoisotopic (exact) mass is 211 g/mol. The molecule has 2 nitrogen and oxygen atoms in total. The van der Waals surface area contributed by atoms with E-state index in [4.69, 9.17) is 0 Å². The van der Waals surface area contributed by atoms with E-state index >= 15 is 0 Å². The molecule has 80 valence electrons. The number of nitrogens with zero attached hydrogens (tertiary/aromatic N) is 1. The average molecular weight is 211 g/mol. The molecule has 0 saturated heterocycles. The molecule has 0 N–H and O–H groups in total. The molecule has 16 heavy (non-hydrogen) atoms. The number of hydrogen-bond donors (Lipinski definition) is 0. The van der Waals surface area contributed by atoms with Crippen LogP contribution in [0, 0.1) is 0 Å². The zero-order chi connectivity index (χ0) is 11.5. The van der Waals surface area contributed by atoms with Gasteiger partial charge in [0, 0.05) is 5.39 Å². The molecule has 0 radical (unpaired) electrons. The van der Waals surface area contributed by atoms with E-state index in [9.17, 15) is 4.79 Å². The van der Waals surface area contributed by atoms with Crippen LogP contribution in [0.4, 0.5) is 5.69 Å². The summed E-state index contributed by atoms with van der Waals surface area (Å²) in [6.45, 7) is 4.25. The molecule has 0 aliphatic heterocycles. The molecule has 0 atom stereocenters. The van der Waals surface area contributed by atoms with Gasteiger partial charge in [0.25, 0.3) is 0 Å². The summed E-state index contributed by atoms with van der Waals surface area (Å²) in [6, 6.07) is 12.0. The Kier molecular flexibility index (Phi) is 2.84. The first-order chi connectivity index (χ1) is 7.72. The van der Waals surface area contributed by atoms with E-state index in [1.54, 1.807) is 6.08 Å². The minimum atomic E-state index is 0.421. The standard InChI is InChI=1S/C14H13NO/c1-10(2)12-7-11-5-3-4-6-13(11)14(8-12)15-9-16/h3-8,10H,1-2H3. The molecular weight excluding hydrogens is 198 g/mol. The first-order valence-corrected chi connectivity index (χ1v) is 5.33. The van der Waals surface area contributed by atoms with Gasteiger partial charge in [-0.25, -0.2) is 4.79 Å². The number of benzene rings is 2. The number of isocyanates is 1. The van der Waals surface area contributed by atoms with Gasteiger partial charge in [0.2, 0.25) is 6.08 Å². The van der Waals surface area contributed by atoms with Crippen LogP contribution in [-0.2, 0) is 4.79 Å². The lowest BCUT2D eigenvalue weighted by molar-refractivity contribution is 0.565. The molecule has 0 aliphatic carbocycles. The number of aliphatic imine (C=N–C) groups is 1. The van der Waals surface area contributed by atoms with Crippen molar-refractivity contribution in [3.63, 3.8) is 0 Å².